The van der Waals surface area contributed by atoms with Crippen LogP contribution in [0.15, 0.2) is 18.2 Å². The van der Waals surface area contributed by atoms with Crippen molar-refractivity contribution < 1.29 is 14.3 Å². The Bertz CT molecular complexity index is 622. The Morgan fingerprint density at radius 3 is 2.68 bits per heavy atom. The van der Waals surface area contributed by atoms with E-state index < -0.39 is 17.8 Å². The zero-order chi connectivity index (χ0) is 14.2. The smallest absolute Gasteiger partial charge is 0.326 e. The molecule has 0 aliphatic heterocycles. The standard InChI is InChI=1S/C13H16FN3O2/c1-7(2)10(12(18)19)15-13-16-11-8(14)5-4-6-9(11)17(13)3/h4-7,10H,1-3H3,(H,15,16)(H,18,19)/t10-/m0/s1. The zero-order valence-corrected chi connectivity index (χ0v) is 11.0. The number of carboxylic acids is 1. The number of hydrogen-bond donors (Lipinski definition) is 2. The van der Waals surface area contributed by atoms with Crippen molar-refractivity contribution in [3.63, 3.8) is 0 Å². The van der Waals surface area contributed by atoms with Gasteiger partial charge in [-0.3, -0.25) is 0 Å². The molecule has 1 aromatic carbocycles. The van der Waals surface area contributed by atoms with E-state index in [4.69, 9.17) is 5.11 Å². The maximum atomic E-state index is 13.6. The number of halogens is 1. The Labute approximate surface area is 110 Å². The van der Waals surface area contributed by atoms with Crippen molar-refractivity contribution in [2.24, 2.45) is 13.0 Å². The lowest BCUT2D eigenvalue weighted by molar-refractivity contribution is -0.138. The molecule has 2 rings (SSSR count). The first-order valence-corrected chi connectivity index (χ1v) is 6.02. The van der Waals surface area contributed by atoms with Crippen molar-refractivity contribution in [1.82, 2.24) is 9.55 Å². The topological polar surface area (TPSA) is 67.2 Å². The summed E-state index contributed by atoms with van der Waals surface area (Å²) in [6, 6.07) is 3.90. The average molecular weight is 265 g/mol. The number of aromatic nitrogens is 2. The van der Waals surface area contributed by atoms with E-state index in [1.807, 2.05) is 0 Å². The van der Waals surface area contributed by atoms with Crippen LogP contribution in [0.3, 0.4) is 0 Å². The van der Waals surface area contributed by atoms with Gasteiger partial charge in [-0.15, -0.1) is 0 Å². The van der Waals surface area contributed by atoms with Crippen LogP contribution in [0.5, 0.6) is 0 Å². The number of carboxylic acid groups (broad SMARTS) is 1. The minimum Gasteiger partial charge on any atom is -0.480 e. The number of nitrogens with zero attached hydrogens (tertiary/aromatic N) is 2. The molecule has 1 heterocycles. The molecule has 2 aromatic rings. The Hall–Kier alpha value is -2.11. The molecule has 2 N–H and O–H groups in total. The largest absolute Gasteiger partial charge is 0.480 e. The summed E-state index contributed by atoms with van der Waals surface area (Å²) in [4.78, 5) is 15.3. The van der Waals surface area contributed by atoms with Gasteiger partial charge < -0.3 is 15.0 Å². The number of anilines is 1. The number of imidazole rings is 1. The first-order valence-electron chi connectivity index (χ1n) is 6.02. The second-order valence-electron chi connectivity index (χ2n) is 4.81. The zero-order valence-electron chi connectivity index (χ0n) is 11.0. The third kappa shape index (κ3) is 2.38. The van der Waals surface area contributed by atoms with Gasteiger partial charge in [0.1, 0.15) is 11.6 Å². The highest BCUT2D eigenvalue weighted by atomic mass is 19.1. The second kappa shape index (κ2) is 4.87. The molecule has 0 spiro atoms. The number of aryl methyl sites for hydroxylation is 1. The molecule has 0 amide bonds. The fourth-order valence-electron chi connectivity index (χ4n) is 1.96. The van der Waals surface area contributed by atoms with Crippen LogP contribution in [-0.2, 0) is 11.8 Å². The maximum Gasteiger partial charge on any atom is 0.326 e. The third-order valence-electron chi connectivity index (χ3n) is 3.08. The fraction of sp³-hybridized carbons (Fsp3) is 0.385. The van der Waals surface area contributed by atoms with Gasteiger partial charge in [0.25, 0.3) is 0 Å². The van der Waals surface area contributed by atoms with E-state index in [9.17, 15) is 9.18 Å². The van der Waals surface area contributed by atoms with Crippen molar-refractivity contribution in [2.75, 3.05) is 5.32 Å². The monoisotopic (exact) mass is 265 g/mol. The van der Waals surface area contributed by atoms with Crippen LogP contribution in [0.25, 0.3) is 11.0 Å². The Balaban J connectivity index is 2.43. The Morgan fingerprint density at radius 1 is 1.47 bits per heavy atom. The predicted molar refractivity (Wildman–Crippen MR) is 70.6 cm³/mol. The van der Waals surface area contributed by atoms with Crippen molar-refractivity contribution in [3.8, 4) is 0 Å². The molecule has 0 radical (unpaired) electrons. The van der Waals surface area contributed by atoms with Gasteiger partial charge in [-0.25, -0.2) is 14.2 Å². The molecular formula is C13H16FN3O2. The van der Waals surface area contributed by atoms with Crippen LogP contribution in [-0.4, -0.2) is 26.7 Å². The number of aliphatic carboxylic acids is 1. The van der Waals surface area contributed by atoms with Gasteiger partial charge >= 0.3 is 5.97 Å². The molecule has 0 saturated carbocycles. The van der Waals surface area contributed by atoms with E-state index >= 15 is 0 Å². The van der Waals surface area contributed by atoms with Gasteiger partial charge in [-0.1, -0.05) is 19.9 Å². The highest BCUT2D eigenvalue weighted by molar-refractivity contribution is 5.81. The molecule has 19 heavy (non-hydrogen) atoms. The van der Waals surface area contributed by atoms with Crippen molar-refractivity contribution >= 4 is 23.0 Å². The summed E-state index contributed by atoms with van der Waals surface area (Å²) in [6.45, 7) is 3.60. The summed E-state index contributed by atoms with van der Waals surface area (Å²) in [5, 5.41) is 12.0. The summed E-state index contributed by atoms with van der Waals surface area (Å²) in [5.41, 5.74) is 0.857. The van der Waals surface area contributed by atoms with Crippen LogP contribution < -0.4 is 5.32 Å². The molecule has 0 saturated heterocycles. The fourth-order valence-corrected chi connectivity index (χ4v) is 1.96. The molecule has 102 valence electrons. The Kier molecular flexibility index (Phi) is 3.42. The minimum absolute atomic E-state index is 0.109. The molecule has 6 heteroatoms. The minimum atomic E-state index is -0.956. The van der Waals surface area contributed by atoms with Gasteiger partial charge in [0.05, 0.1) is 5.52 Å². The predicted octanol–water partition coefficient (Wildman–Crippen LogP) is 2.23. The van der Waals surface area contributed by atoms with E-state index in [-0.39, 0.29) is 11.4 Å². The summed E-state index contributed by atoms with van der Waals surface area (Å²) in [5.74, 6) is -1.14. The molecule has 1 aromatic heterocycles. The Morgan fingerprint density at radius 2 is 2.16 bits per heavy atom. The van der Waals surface area contributed by atoms with Crippen LogP contribution in [0.1, 0.15) is 13.8 Å². The van der Waals surface area contributed by atoms with Crippen LogP contribution >= 0.6 is 0 Å². The number of nitrogens with one attached hydrogen (secondary N) is 1. The third-order valence-corrected chi connectivity index (χ3v) is 3.08. The molecule has 0 unspecified atom stereocenters. The van der Waals surface area contributed by atoms with E-state index in [0.29, 0.717) is 11.5 Å². The van der Waals surface area contributed by atoms with E-state index in [1.165, 1.54) is 6.07 Å². The summed E-state index contributed by atoms with van der Waals surface area (Å²) in [6.07, 6.45) is 0. The molecule has 0 aliphatic carbocycles. The first kappa shape index (κ1) is 13.3. The maximum absolute atomic E-state index is 13.6. The average Bonchev–Trinajstić information content (AvgIpc) is 2.64. The van der Waals surface area contributed by atoms with Crippen molar-refractivity contribution in [2.45, 2.75) is 19.9 Å². The molecule has 0 aliphatic rings. The number of fused-ring (bicyclic) bond motifs is 1. The lowest BCUT2D eigenvalue weighted by Gasteiger charge is -2.18. The summed E-state index contributed by atoms with van der Waals surface area (Å²) in [7, 11) is 1.72. The van der Waals surface area contributed by atoms with Gasteiger partial charge in [0, 0.05) is 7.05 Å². The van der Waals surface area contributed by atoms with Crippen LogP contribution in [0.2, 0.25) is 0 Å². The van der Waals surface area contributed by atoms with Crippen molar-refractivity contribution in [3.05, 3.63) is 24.0 Å². The molecule has 1 atom stereocenters. The van der Waals surface area contributed by atoms with E-state index in [0.717, 1.165) is 0 Å². The molecular weight excluding hydrogens is 249 g/mol. The number of para-hydroxylation sites is 1. The molecule has 0 fully saturated rings. The van der Waals surface area contributed by atoms with Gasteiger partial charge in [0.15, 0.2) is 5.82 Å². The number of benzene rings is 1. The molecule has 0 bridgehead atoms. The van der Waals surface area contributed by atoms with Crippen LogP contribution in [0.4, 0.5) is 10.3 Å². The first-order chi connectivity index (χ1) is 8.91. The second-order valence-corrected chi connectivity index (χ2v) is 4.81. The lowest BCUT2D eigenvalue weighted by atomic mass is 10.1. The SMILES string of the molecule is CC(C)[C@H](Nc1nc2c(F)cccc2n1C)C(=O)O. The van der Waals surface area contributed by atoms with Crippen LogP contribution in [0, 0.1) is 11.7 Å². The highest BCUT2D eigenvalue weighted by Gasteiger charge is 2.23. The quantitative estimate of drug-likeness (QED) is 0.889. The van der Waals surface area contributed by atoms with Gasteiger partial charge in [-0.05, 0) is 18.1 Å². The number of carbonyl (C=O) groups is 1. The molecule has 5 nitrogen and oxygen atoms in total. The van der Waals surface area contributed by atoms with Gasteiger partial charge in [-0.2, -0.15) is 0 Å². The normalized spacial score (nSPS) is 12.9. The number of rotatable bonds is 4. The van der Waals surface area contributed by atoms with Gasteiger partial charge in [0.2, 0.25) is 5.95 Å². The van der Waals surface area contributed by atoms with E-state index in [1.54, 1.807) is 37.6 Å². The summed E-state index contributed by atoms with van der Waals surface area (Å²) < 4.78 is 15.3. The van der Waals surface area contributed by atoms with Crippen molar-refractivity contribution in [1.29, 1.82) is 0 Å². The van der Waals surface area contributed by atoms with E-state index in [2.05, 4.69) is 10.3 Å². The number of hydrogen-bond acceptors (Lipinski definition) is 3. The summed E-state index contributed by atoms with van der Waals surface area (Å²) >= 11 is 0. The lowest BCUT2D eigenvalue weighted by Crippen LogP contribution is -2.35. The highest BCUT2D eigenvalue weighted by Crippen LogP contribution is 2.22.